The molecule has 0 saturated heterocycles. The van der Waals surface area contributed by atoms with Gasteiger partial charge in [-0.2, -0.15) is 5.26 Å². The minimum atomic E-state index is -0.795. The van der Waals surface area contributed by atoms with Crippen molar-refractivity contribution in [3.8, 4) is 6.07 Å². The summed E-state index contributed by atoms with van der Waals surface area (Å²) in [6, 6.07) is 1.71. The monoisotopic (exact) mass is 183 g/mol. The average Bonchev–Trinajstić information content (AvgIpc) is 2.04. The highest BCUT2D eigenvalue weighted by Gasteiger charge is 2.18. The van der Waals surface area contributed by atoms with E-state index in [1.807, 2.05) is 6.07 Å². The van der Waals surface area contributed by atoms with Gasteiger partial charge in [0.1, 0.15) is 5.54 Å². The Kier molecular flexibility index (Phi) is 4.90. The van der Waals surface area contributed by atoms with Gasteiger partial charge in [-0.15, -0.1) is 0 Å². The van der Waals surface area contributed by atoms with Crippen molar-refractivity contribution < 1.29 is 4.79 Å². The quantitative estimate of drug-likeness (QED) is 0.647. The lowest BCUT2D eigenvalue weighted by Crippen LogP contribution is -2.47. The third-order valence-electron chi connectivity index (χ3n) is 1.52. The van der Waals surface area contributed by atoms with Gasteiger partial charge in [0.2, 0.25) is 0 Å². The van der Waals surface area contributed by atoms with E-state index in [0.29, 0.717) is 6.54 Å². The zero-order chi connectivity index (χ0) is 10.3. The maximum absolute atomic E-state index is 11.1. The zero-order valence-corrected chi connectivity index (χ0v) is 8.48. The van der Waals surface area contributed by atoms with E-state index < -0.39 is 5.54 Å². The van der Waals surface area contributed by atoms with Crippen molar-refractivity contribution in [1.29, 1.82) is 5.26 Å². The SMILES string of the molecule is CCCCNC(=O)NC(C)(C)C#N. The number of amides is 2. The van der Waals surface area contributed by atoms with Gasteiger partial charge in [0.25, 0.3) is 0 Å². The van der Waals surface area contributed by atoms with Crippen LogP contribution in [0.1, 0.15) is 33.6 Å². The van der Waals surface area contributed by atoms with Crippen LogP contribution in [-0.4, -0.2) is 18.1 Å². The van der Waals surface area contributed by atoms with Crippen LogP contribution >= 0.6 is 0 Å². The second kappa shape index (κ2) is 5.41. The smallest absolute Gasteiger partial charge is 0.316 e. The summed E-state index contributed by atoms with van der Waals surface area (Å²) >= 11 is 0. The van der Waals surface area contributed by atoms with Crippen molar-refractivity contribution in [1.82, 2.24) is 10.6 Å². The molecule has 74 valence electrons. The van der Waals surface area contributed by atoms with E-state index in [-0.39, 0.29) is 6.03 Å². The summed E-state index contributed by atoms with van der Waals surface area (Å²) in [4.78, 5) is 11.1. The molecule has 0 fully saturated rings. The van der Waals surface area contributed by atoms with Crippen molar-refractivity contribution in [3.63, 3.8) is 0 Å². The van der Waals surface area contributed by atoms with Gasteiger partial charge in [0.15, 0.2) is 0 Å². The van der Waals surface area contributed by atoms with Gasteiger partial charge in [-0.1, -0.05) is 13.3 Å². The van der Waals surface area contributed by atoms with Crippen molar-refractivity contribution >= 4 is 6.03 Å². The number of unbranched alkanes of at least 4 members (excludes halogenated alkanes) is 1. The second-order valence-electron chi connectivity index (χ2n) is 3.47. The molecule has 0 aromatic carbocycles. The van der Waals surface area contributed by atoms with Crippen LogP contribution < -0.4 is 10.6 Å². The summed E-state index contributed by atoms with van der Waals surface area (Å²) in [5, 5.41) is 13.8. The fourth-order valence-corrected chi connectivity index (χ4v) is 0.735. The fourth-order valence-electron chi connectivity index (χ4n) is 0.735. The Morgan fingerprint density at radius 3 is 2.62 bits per heavy atom. The molecule has 2 amide bonds. The van der Waals surface area contributed by atoms with Gasteiger partial charge in [-0.3, -0.25) is 0 Å². The van der Waals surface area contributed by atoms with Gasteiger partial charge >= 0.3 is 6.03 Å². The molecule has 0 aromatic rings. The number of carbonyl (C=O) groups is 1. The molecule has 4 heteroatoms. The van der Waals surface area contributed by atoms with Crippen molar-refractivity contribution in [2.24, 2.45) is 0 Å². The molecular weight excluding hydrogens is 166 g/mol. The van der Waals surface area contributed by atoms with Crippen molar-refractivity contribution in [2.75, 3.05) is 6.54 Å². The van der Waals surface area contributed by atoms with Gasteiger partial charge in [0, 0.05) is 6.54 Å². The van der Waals surface area contributed by atoms with E-state index in [9.17, 15) is 4.79 Å². The Labute approximate surface area is 79.3 Å². The van der Waals surface area contributed by atoms with Gasteiger partial charge in [-0.05, 0) is 20.3 Å². The van der Waals surface area contributed by atoms with Crippen LogP contribution in [0.4, 0.5) is 4.79 Å². The van der Waals surface area contributed by atoms with Crippen molar-refractivity contribution in [3.05, 3.63) is 0 Å². The predicted molar refractivity (Wildman–Crippen MR) is 51.1 cm³/mol. The van der Waals surface area contributed by atoms with E-state index in [0.717, 1.165) is 12.8 Å². The topological polar surface area (TPSA) is 64.9 Å². The lowest BCUT2D eigenvalue weighted by Gasteiger charge is -2.17. The van der Waals surface area contributed by atoms with Crippen LogP contribution in [0.25, 0.3) is 0 Å². The van der Waals surface area contributed by atoms with Crippen LogP contribution in [0.3, 0.4) is 0 Å². The van der Waals surface area contributed by atoms with Crippen LogP contribution in [0.15, 0.2) is 0 Å². The number of urea groups is 1. The number of nitriles is 1. The molecule has 0 aromatic heterocycles. The zero-order valence-electron chi connectivity index (χ0n) is 8.48. The Morgan fingerprint density at radius 2 is 2.15 bits per heavy atom. The van der Waals surface area contributed by atoms with Gasteiger partial charge in [0.05, 0.1) is 6.07 Å². The highest BCUT2D eigenvalue weighted by atomic mass is 16.2. The maximum atomic E-state index is 11.1. The number of rotatable bonds is 4. The van der Waals surface area contributed by atoms with E-state index in [2.05, 4.69) is 17.6 Å². The highest BCUT2D eigenvalue weighted by Crippen LogP contribution is 1.97. The molecule has 0 radical (unpaired) electrons. The highest BCUT2D eigenvalue weighted by molar-refractivity contribution is 5.75. The van der Waals surface area contributed by atoms with Crippen LogP contribution in [0.5, 0.6) is 0 Å². The number of hydrogen-bond donors (Lipinski definition) is 2. The molecule has 0 bridgehead atoms. The summed E-state index contributed by atoms with van der Waals surface area (Å²) in [5.41, 5.74) is -0.795. The van der Waals surface area contributed by atoms with Crippen molar-refractivity contribution in [2.45, 2.75) is 39.2 Å². The van der Waals surface area contributed by atoms with Gasteiger partial charge < -0.3 is 10.6 Å². The lowest BCUT2D eigenvalue weighted by molar-refractivity contribution is 0.235. The normalized spacial score (nSPS) is 10.3. The molecule has 13 heavy (non-hydrogen) atoms. The summed E-state index contributed by atoms with van der Waals surface area (Å²) < 4.78 is 0. The molecule has 0 saturated carbocycles. The van der Waals surface area contributed by atoms with E-state index in [1.165, 1.54) is 0 Å². The molecular formula is C9H17N3O. The first-order valence-corrected chi connectivity index (χ1v) is 4.49. The number of hydrogen-bond acceptors (Lipinski definition) is 2. The lowest BCUT2D eigenvalue weighted by atomic mass is 10.1. The first-order chi connectivity index (χ1) is 6.02. The number of carbonyl (C=O) groups excluding carboxylic acids is 1. The minimum absolute atomic E-state index is 0.278. The largest absolute Gasteiger partial charge is 0.338 e. The van der Waals surface area contributed by atoms with Crippen LogP contribution in [0, 0.1) is 11.3 Å². The number of nitrogens with zero attached hydrogens (tertiary/aromatic N) is 1. The minimum Gasteiger partial charge on any atom is -0.338 e. The third kappa shape index (κ3) is 5.97. The summed E-state index contributed by atoms with van der Waals surface area (Å²) in [7, 11) is 0. The molecule has 4 nitrogen and oxygen atoms in total. The third-order valence-corrected chi connectivity index (χ3v) is 1.52. The molecule has 0 aliphatic rings. The summed E-state index contributed by atoms with van der Waals surface area (Å²) in [6.45, 7) is 6.03. The molecule has 0 heterocycles. The molecule has 0 rings (SSSR count). The standard InChI is InChI=1S/C9H17N3O/c1-4-5-6-11-8(13)12-9(2,3)7-10/h4-6H2,1-3H3,(H2,11,12,13). The summed E-state index contributed by atoms with van der Waals surface area (Å²) in [5.74, 6) is 0. The maximum Gasteiger partial charge on any atom is 0.316 e. The molecule has 0 spiro atoms. The Bertz CT molecular complexity index is 205. The second-order valence-corrected chi connectivity index (χ2v) is 3.47. The average molecular weight is 183 g/mol. The first kappa shape index (κ1) is 11.8. The molecule has 0 unspecified atom stereocenters. The van der Waals surface area contributed by atoms with E-state index >= 15 is 0 Å². The number of nitrogens with one attached hydrogen (secondary N) is 2. The molecule has 0 aliphatic heterocycles. The fraction of sp³-hybridized carbons (Fsp3) is 0.778. The molecule has 2 N–H and O–H groups in total. The first-order valence-electron chi connectivity index (χ1n) is 4.49. The van der Waals surface area contributed by atoms with Crippen LogP contribution in [0.2, 0.25) is 0 Å². The Balaban J connectivity index is 3.70. The molecule has 0 aliphatic carbocycles. The van der Waals surface area contributed by atoms with Gasteiger partial charge in [-0.25, -0.2) is 4.79 Å². The predicted octanol–water partition coefficient (Wildman–Crippen LogP) is 1.39. The molecule has 0 atom stereocenters. The van der Waals surface area contributed by atoms with E-state index in [4.69, 9.17) is 5.26 Å². The van der Waals surface area contributed by atoms with E-state index in [1.54, 1.807) is 13.8 Å². The Hall–Kier alpha value is -1.24. The van der Waals surface area contributed by atoms with Crippen LogP contribution in [-0.2, 0) is 0 Å². The Morgan fingerprint density at radius 1 is 1.54 bits per heavy atom. The summed E-state index contributed by atoms with van der Waals surface area (Å²) in [6.07, 6.45) is 2.00.